The number of hydrogen-bond acceptors (Lipinski definition) is 7. The fourth-order valence-electron chi connectivity index (χ4n) is 3.27. The molecule has 0 aliphatic heterocycles. The molecule has 12 heteroatoms. The zero-order chi connectivity index (χ0) is 21.9. The zero-order valence-electron chi connectivity index (χ0n) is 16.9. The van der Waals surface area contributed by atoms with Crippen LogP contribution < -0.4 is 15.4 Å². The second-order valence-electron chi connectivity index (χ2n) is 7.58. The summed E-state index contributed by atoms with van der Waals surface area (Å²) in [6, 6.07) is 5.03. The molecule has 0 unspecified atom stereocenters. The molecular weight excluding hydrogens is 432 g/mol. The maximum atomic E-state index is 11.8. The number of nitrogens with zero attached hydrogens (tertiary/aromatic N) is 2. The second-order valence-corrected chi connectivity index (χ2v) is 9.69. The summed E-state index contributed by atoms with van der Waals surface area (Å²) in [6.45, 7) is 3.77. The molecule has 164 valence electrons. The van der Waals surface area contributed by atoms with Gasteiger partial charge in [0.25, 0.3) is 0 Å². The number of anilines is 3. The summed E-state index contributed by atoms with van der Waals surface area (Å²) >= 11 is 6.05. The number of nitrogens with one attached hydrogen (secondary N) is 4. The van der Waals surface area contributed by atoms with Crippen molar-refractivity contribution in [1.82, 2.24) is 20.5 Å². The minimum absolute atomic E-state index is 0.0247. The van der Waals surface area contributed by atoms with Gasteiger partial charge in [0.1, 0.15) is 11.9 Å². The van der Waals surface area contributed by atoms with Crippen LogP contribution in [0.1, 0.15) is 44.7 Å². The summed E-state index contributed by atoms with van der Waals surface area (Å²) in [5.41, 5.74) is 1.14. The maximum Gasteiger partial charge on any atom is 0.407 e. The average Bonchev–Trinajstić information content (AvgIpc) is 3.25. The van der Waals surface area contributed by atoms with Crippen LogP contribution >= 0.6 is 11.6 Å². The van der Waals surface area contributed by atoms with Crippen LogP contribution in [0.25, 0.3) is 0 Å². The van der Waals surface area contributed by atoms with Crippen LogP contribution in [-0.2, 0) is 14.8 Å². The summed E-state index contributed by atoms with van der Waals surface area (Å²) in [6.07, 6.45) is 2.93. The molecule has 1 aliphatic rings. The Morgan fingerprint density at radius 1 is 1.30 bits per heavy atom. The highest BCUT2D eigenvalue weighted by Gasteiger charge is 2.30. The van der Waals surface area contributed by atoms with Crippen LogP contribution in [0.2, 0.25) is 5.15 Å². The number of pyridine rings is 1. The van der Waals surface area contributed by atoms with Crippen LogP contribution in [0, 0.1) is 0 Å². The number of aromatic amines is 1. The van der Waals surface area contributed by atoms with E-state index in [0.29, 0.717) is 11.6 Å². The van der Waals surface area contributed by atoms with Gasteiger partial charge in [0, 0.05) is 23.7 Å². The number of H-pyrrole nitrogens is 1. The van der Waals surface area contributed by atoms with Gasteiger partial charge in [-0.15, -0.1) is 0 Å². The summed E-state index contributed by atoms with van der Waals surface area (Å²) in [7, 11) is -3.44. The molecule has 0 spiro atoms. The Balaban J connectivity index is 1.58. The van der Waals surface area contributed by atoms with E-state index in [-0.39, 0.29) is 35.0 Å². The van der Waals surface area contributed by atoms with Crippen LogP contribution in [0.5, 0.6) is 0 Å². The first-order valence-corrected chi connectivity index (χ1v) is 11.8. The van der Waals surface area contributed by atoms with Crippen molar-refractivity contribution in [3.05, 3.63) is 29.0 Å². The first-order valence-electron chi connectivity index (χ1n) is 9.53. The highest BCUT2D eigenvalue weighted by molar-refractivity contribution is 7.92. The van der Waals surface area contributed by atoms with Crippen LogP contribution in [0.4, 0.5) is 22.1 Å². The van der Waals surface area contributed by atoms with E-state index >= 15 is 0 Å². The Kier molecular flexibility index (Phi) is 6.71. The normalized spacial score (nSPS) is 19.0. The third kappa shape index (κ3) is 6.23. The van der Waals surface area contributed by atoms with Gasteiger partial charge in [-0.2, -0.15) is 5.10 Å². The quantitative estimate of drug-likeness (QED) is 0.468. The zero-order valence-corrected chi connectivity index (χ0v) is 18.5. The van der Waals surface area contributed by atoms with Crippen molar-refractivity contribution in [3.63, 3.8) is 0 Å². The number of alkyl carbamates (subject to hydrolysis) is 1. The lowest BCUT2D eigenvalue weighted by Gasteiger charge is -2.14. The lowest BCUT2D eigenvalue weighted by molar-refractivity contribution is 0.0981. The van der Waals surface area contributed by atoms with E-state index in [9.17, 15) is 13.2 Å². The number of sulfonamides is 1. The van der Waals surface area contributed by atoms with Gasteiger partial charge in [-0.3, -0.25) is 9.82 Å². The van der Waals surface area contributed by atoms with Gasteiger partial charge in [0.05, 0.1) is 11.9 Å². The Morgan fingerprint density at radius 3 is 2.73 bits per heavy atom. The lowest BCUT2D eigenvalue weighted by Crippen LogP contribution is -2.33. The minimum Gasteiger partial charge on any atom is -0.446 e. The molecule has 0 radical (unpaired) electrons. The van der Waals surface area contributed by atoms with Gasteiger partial charge in [0.15, 0.2) is 11.0 Å². The predicted molar refractivity (Wildman–Crippen MR) is 115 cm³/mol. The van der Waals surface area contributed by atoms with Crippen molar-refractivity contribution in [2.45, 2.75) is 51.2 Å². The molecule has 10 nitrogen and oxygen atoms in total. The highest BCUT2D eigenvalue weighted by atomic mass is 35.5. The van der Waals surface area contributed by atoms with Crippen molar-refractivity contribution in [2.75, 3.05) is 16.3 Å². The number of amides is 1. The summed E-state index contributed by atoms with van der Waals surface area (Å²) < 4.78 is 30.4. The smallest absolute Gasteiger partial charge is 0.407 e. The predicted octanol–water partition coefficient (Wildman–Crippen LogP) is 3.34. The largest absolute Gasteiger partial charge is 0.446 e. The SMILES string of the molecule is CC(C)NC(=O)O[C@@H]1CC[C@H](c2cc(Nc3ccc(NS(C)(=O)=O)c(Cl)n3)n[nH]2)C1. The average molecular weight is 457 g/mol. The first-order chi connectivity index (χ1) is 14.1. The van der Waals surface area contributed by atoms with E-state index in [2.05, 4.69) is 30.5 Å². The molecular formula is C18H25ClN6O4S. The van der Waals surface area contributed by atoms with Crippen molar-refractivity contribution >= 4 is 45.0 Å². The number of hydrogen-bond donors (Lipinski definition) is 4. The van der Waals surface area contributed by atoms with E-state index in [1.165, 1.54) is 6.07 Å². The maximum absolute atomic E-state index is 11.8. The molecule has 1 aliphatic carbocycles. The molecule has 3 rings (SSSR count). The van der Waals surface area contributed by atoms with E-state index in [4.69, 9.17) is 16.3 Å². The molecule has 2 aromatic heterocycles. The number of rotatable bonds is 7. The number of carbonyl (C=O) groups excluding carboxylic acids is 1. The van der Waals surface area contributed by atoms with Gasteiger partial charge < -0.3 is 15.4 Å². The van der Waals surface area contributed by atoms with E-state index in [0.717, 1.165) is 31.2 Å². The molecule has 2 atom stereocenters. The van der Waals surface area contributed by atoms with Gasteiger partial charge in [-0.1, -0.05) is 11.6 Å². The van der Waals surface area contributed by atoms with E-state index in [1.54, 1.807) is 6.07 Å². The molecule has 1 fully saturated rings. The number of ether oxygens (including phenoxy) is 1. The Hall–Kier alpha value is -2.53. The third-order valence-electron chi connectivity index (χ3n) is 4.50. The topological polar surface area (TPSA) is 138 Å². The van der Waals surface area contributed by atoms with Crippen LogP contribution in [-0.4, -0.2) is 48.1 Å². The summed E-state index contributed by atoms with van der Waals surface area (Å²) in [4.78, 5) is 15.9. The summed E-state index contributed by atoms with van der Waals surface area (Å²) in [5.74, 6) is 1.19. The third-order valence-corrected chi connectivity index (χ3v) is 5.38. The van der Waals surface area contributed by atoms with Crippen molar-refractivity contribution in [3.8, 4) is 0 Å². The Morgan fingerprint density at radius 2 is 2.07 bits per heavy atom. The highest BCUT2D eigenvalue weighted by Crippen LogP contribution is 2.36. The van der Waals surface area contributed by atoms with Gasteiger partial charge in [0.2, 0.25) is 10.0 Å². The molecule has 1 saturated carbocycles. The van der Waals surface area contributed by atoms with Gasteiger partial charge in [-0.05, 0) is 45.2 Å². The van der Waals surface area contributed by atoms with Crippen LogP contribution in [0.3, 0.4) is 0 Å². The molecule has 30 heavy (non-hydrogen) atoms. The fourth-order valence-corrected chi connectivity index (χ4v) is 4.09. The minimum atomic E-state index is -3.44. The van der Waals surface area contributed by atoms with Gasteiger partial charge in [-0.25, -0.2) is 18.2 Å². The number of carbonyl (C=O) groups is 1. The number of aromatic nitrogens is 3. The van der Waals surface area contributed by atoms with E-state index in [1.807, 2.05) is 19.9 Å². The van der Waals surface area contributed by atoms with Crippen molar-refractivity contribution in [1.29, 1.82) is 0 Å². The van der Waals surface area contributed by atoms with E-state index < -0.39 is 10.0 Å². The molecule has 0 saturated heterocycles. The number of halogens is 1. The molecule has 2 heterocycles. The lowest BCUT2D eigenvalue weighted by atomic mass is 10.0. The van der Waals surface area contributed by atoms with Crippen LogP contribution in [0.15, 0.2) is 18.2 Å². The van der Waals surface area contributed by atoms with Gasteiger partial charge >= 0.3 is 6.09 Å². The second kappa shape index (κ2) is 9.09. The molecule has 1 amide bonds. The fraction of sp³-hybridized carbons (Fsp3) is 0.500. The molecule has 2 aromatic rings. The molecule has 0 bridgehead atoms. The Bertz CT molecular complexity index is 1010. The standard InChI is InChI=1S/C18H25ClN6O4S/c1-10(2)20-18(26)29-12-5-4-11(8-12)14-9-16(24-23-14)21-15-7-6-13(17(19)22-15)25-30(3,27)28/h6-7,9-12,25H,4-5,8H2,1-3H3,(H,20,26)(H2,21,22,23,24)/t11-,12+/m0/s1. The van der Waals surface area contributed by atoms with Crippen molar-refractivity contribution in [2.24, 2.45) is 0 Å². The van der Waals surface area contributed by atoms with Crippen molar-refractivity contribution < 1.29 is 17.9 Å². The summed E-state index contributed by atoms with van der Waals surface area (Å²) in [5, 5.41) is 13.0. The molecule has 4 N–H and O–H groups in total. The first kappa shape index (κ1) is 22.2. The monoisotopic (exact) mass is 456 g/mol. The molecule has 0 aromatic carbocycles. The Labute approximate surface area is 180 Å².